The lowest BCUT2D eigenvalue weighted by Crippen LogP contribution is -2.67. The molecule has 9 rings (SSSR count). The summed E-state index contributed by atoms with van der Waals surface area (Å²) in [6.07, 6.45) is -16.0. The minimum absolute atomic E-state index is 0.0653. The number of esters is 5. The van der Waals surface area contributed by atoms with E-state index in [-0.39, 0.29) is 41.0 Å². The lowest BCUT2D eigenvalue weighted by atomic mass is 9.95. The van der Waals surface area contributed by atoms with Crippen LogP contribution in [0.5, 0.6) is 0 Å². The Labute approximate surface area is 443 Å². The van der Waals surface area contributed by atoms with Crippen molar-refractivity contribution in [2.75, 3.05) is 13.2 Å². The molecule has 0 unspecified atom stereocenters. The van der Waals surface area contributed by atoms with E-state index in [1.54, 1.807) is 115 Å². The van der Waals surface area contributed by atoms with Crippen LogP contribution in [0.3, 0.4) is 0 Å². The SMILES string of the molecule is O=C(OC[C@H]1O[C@H](O)[C@H](OCc2ccccc2)[C@@H](O[C@@H]2O[C@H](COC(=O)c3ccccc3)[C@@H](OC(=O)c3ccccc3)[C@H](OC(=O)c3ccccc3)[C@H]2OC(=O)c2ccccc2)[C@@H]1OCc1ccccc1)c1ccccc1. The zero-order valence-electron chi connectivity index (χ0n) is 41.4. The molecule has 0 saturated carbocycles. The zero-order valence-corrected chi connectivity index (χ0v) is 41.4. The van der Waals surface area contributed by atoms with Gasteiger partial charge in [-0.3, -0.25) is 0 Å². The Kier molecular flexibility index (Phi) is 18.3. The number of rotatable bonds is 20. The van der Waals surface area contributed by atoms with E-state index in [9.17, 15) is 29.1 Å². The summed E-state index contributed by atoms with van der Waals surface area (Å²) in [6.45, 7) is -1.27. The average Bonchev–Trinajstić information content (AvgIpc) is 3.50. The first-order valence-electron chi connectivity index (χ1n) is 24.9. The van der Waals surface area contributed by atoms with Gasteiger partial charge in [-0.25, -0.2) is 24.0 Å². The van der Waals surface area contributed by atoms with Gasteiger partial charge in [-0.2, -0.15) is 0 Å². The predicted octanol–water partition coefficient (Wildman–Crippen LogP) is 8.38. The van der Waals surface area contributed by atoms with Gasteiger partial charge in [0.05, 0.1) is 41.0 Å². The average molecular weight is 1040 g/mol. The highest BCUT2D eigenvalue weighted by molar-refractivity contribution is 5.92. The quantitative estimate of drug-likeness (QED) is 0.0564. The van der Waals surface area contributed by atoms with Crippen molar-refractivity contribution in [3.05, 3.63) is 251 Å². The van der Waals surface area contributed by atoms with E-state index >= 15 is 0 Å². The molecule has 7 aromatic carbocycles. The highest BCUT2D eigenvalue weighted by Gasteiger charge is 2.57. The number of aliphatic hydroxyl groups excluding tert-OH is 1. The molecule has 0 aliphatic carbocycles. The minimum atomic E-state index is -1.86. The molecule has 0 amide bonds. The first kappa shape index (κ1) is 53.5. The van der Waals surface area contributed by atoms with Crippen molar-refractivity contribution in [1.82, 2.24) is 0 Å². The molecule has 2 aliphatic heterocycles. The maximum atomic E-state index is 14.5. The highest BCUT2D eigenvalue weighted by atomic mass is 16.8. The van der Waals surface area contributed by atoms with Gasteiger partial charge in [0.1, 0.15) is 43.7 Å². The van der Waals surface area contributed by atoms with Crippen molar-refractivity contribution < 1.29 is 76.4 Å². The van der Waals surface area contributed by atoms with Gasteiger partial charge in [-0.05, 0) is 71.8 Å². The van der Waals surface area contributed by atoms with Crippen molar-refractivity contribution in [2.24, 2.45) is 0 Å². The number of ether oxygens (including phenoxy) is 10. The molecule has 0 spiro atoms. The van der Waals surface area contributed by atoms with Crippen LogP contribution in [-0.4, -0.2) is 110 Å². The molecule has 0 radical (unpaired) electrons. The fraction of sp³-hybridized carbons (Fsp3) is 0.230. The van der Waals surface area contributed by atoms with E-state index < -0.39 is 104 Å². The molecule has 394 valence electrons. The topological polar surface area (TPSA) is 198 Å². The van der Waals surface area contributed by atoms with Crippen LogP contribution in [0, 0.1) is 0 Å². The van der Waals surface area contributed by atoms with Crippen LogP contribution in [-0.2, 0) is 60.6 Å². The van der Waals surface area contributed by atoms with E-state index in [0.717, 1.165) is 5.56 Å². The molecular weight excluding hydrogens is 989 g/mol. The number of carbonyl (C=O) groups is 5. The first-order valence-corrected chi connectivity index (χ1v) is 24.9. The summed E-state index contributed by atoms with van der Waals surface area (Å²) in [5, 5.41) is 12.1. The first-order chi connectivity index (χ1) is 37.7. The van der Waals surface area contributed by atoms with E-state index in [1.807, 2.05) is 60.7 Å². The molecule has 2 heterocycles. The van der Waals surface area contributed by atoms with Crippen LogP contribution in [0.1, 0.15) is 62.9 Å². The minimum Gasteiger partial charge on any atom is -0.459 e. The summed E-state index contributed by atoms with van der Waals surface area (Å²) in [5.74, 6) is -4.22. The lowest BCUT2D eigenvalue weighted by molar-refractivity contribution is -0.363. The fourth-order valence-electron chi connectivity index (χ4n) is 8.70. The number of benzene rings is 7. The van der Waals surface area contributed by atoms with E-state index in [1.165, 1.54) is 36.4 Å². The monoisotopic (exact) mass is 1040 g/mol. The summed E-state index contributed by atoms with van der Waals surface area (Å²) < 4.78 is 63.9. The summed E-state index contributed by atoms with van der Waals surface area (Å²) in [4.78, 5) is 70.3. The van der Waals surface area contributed by atoms with E-state index in [4.69, 9.17) is 47.4 Å². The standard InChI is InChI=1S/C61H54O16/c62-55(42-26-12-3-13-27-42)70-38-47-49(68-36-40-22-8-1-9-23-40)51(53(60(67)72-47)69-37-41-24-10-2-11-25-41)77-61-54(76-59(66)46-34-20-7-21-35-46)52(75-58(65)45-32-18-6-19-33-45)50(74-57(64)44-30-16-5-17-31-44)48(73-61)39-71-56(63)43-28-14-4-15-29-43/h1-35,47-54,60-61,67H,36-39H2/t47-,48-,49-,50-,51+,52+,53-,54-,60+,61+/m1/s1. The Morgan fingerprint density at radius 1 is 0.351 bits per heavy atom. The fourth-order valence-corrected chi connectivity index (χ4v) is 8.70. The van der Waals surface area contributed by atoms with E-state index in [2.05, 4.69) is 0 Å². The van der Waals surface area contributed by atoms with Crippen LogP contribution in [0.2, 0.25) is 0 Å². The van der Waals surface area contributed by atoms with Gasteiger partial charge in [0.15, 0.2) is 30.9 Å². The second kappa shape index (κ2) is 26.4. The van der Waals surface area contributed by atoms with E-state index in [0.29, 0.717) is 5.56 Å². The third kappa shape index (κ3) is 14.1. The van der Waals surface area contributed by atoms with Crippen molar-refractivity contribution in [1.29, 1.82) is 0 Å². The highest BCUT2D eigenvalue weighted by Crippen LogP contribution is 2.37. The molecule has 7 aromatic rings. The summed E-state index contributed by atoms with van der Waals surface area (Å²) in [5.41, 5.74) is 2.11. The van der Waals surface area contributed by atoms with Gasteiger partial charge < -0.3 is 52.5 Å². The maximum Gasteiger partial charge on any atom is 0.338 e. The van der Waals surface area contributed by atoms with Gasteiger partial charge in [0.25, 0.3) is 0 Å². The van der Waals surface area contributed by atoms with Gasteiger partial charge in [-0.1, -0.05) is 152 Å². The van der Waals surface area contributed by atoms with Crippen LogP contribution < -0.4 is 0 Å². The number of carbonyl (C=O) groups excluding carboxylic acids is 5. The van der Waals surface area contributed by atoms with Crippen LogP contribution in [0.25, 0.3) is 0 Å². The van der Waals surface area contributed by atoms with Crippen molar-refractivity contribution in [3.8, 4) is 0 Å². The predicted molar refractivity (Wildman–Crippen MR) is 275 cm³/mol. The van der Waals surface area contributed by atoms with Crippen LogP contribution in [0.4, 0.5) is 0 Å². The number of aliphatic hydroxyl groups is 1. The number of hydrogen-bond donors (Lipinski definition) is 1. The molecule has 0 bridgehead atoms. The normalized spacial score (nSPS) is 22.9. The second-order valence-corrected chi connectivity index (χ2v) is 17.9. The third-order valence-corrected chi connectivity index (χ3v) is 12.6. The Hall–Kier alpha value is -8.35. The molecule has 2 saturated heterocycles. The smallest absolute Gasteiger partial charge is 0.338 e. The molecule has 10 atom stereocenters. The molecular formula is C61H54O16. The molecule has 16 heteroatoms. The largest absolute Gasteiger partial charge is 0.459 e. The number of hydrogen-bond acceptors (Lipinski definition) is 16. The van der Waals surface area contributed by atoms with Crippen molar-refractivity contribution in [2.45, 2.75) is 74.6 Å². The van der Waals surface area contributed by atoms with Crippen LogP contribution in [0.15, 0.2) is 212 Å². The molecule has 0 aromatic heterocycles. The zero-order chi connectivity index (χ0) is 53.3. The van der Waals surface area contributed by atoms with Gasteiger partial charge in [0.2, 0.25) is 0 Å². The molecule has 2 aliphatic rings. The van der Waals surface area contributed by atoms with Gasteiger partial charge in [-0.15, -0.1) is 0 Å². The molecule has 16 nitrogen and oxygen atoms in total. The van der Waals surface area contributed by atoms with Crippen molar-refractivity contribution >= 4 is 29.8 Å². The third-order valence-electron chi connectivity index (χ3n) is 12.6. The summed E-state index contributed by atoms with van der Waals surface area (Å²) in [6, 6.07) is 58.5. The van der Waals surface area contributed by atoms with Gasteiger partial charge >= 0.3 is 29.8 Å². The molecule has 2 fully saturated rings. The Bertz CT molecular complexity index is 2990. The maximum absolute atomic E-state index is 14.5. The lowest BCUT2D eigenvalue weighted by Gasteiger charge is -2.48. The van der Waals surface area contributed by atoms with Gasteiger partial charge in [0, 0.05) is 0 Å². The Morgan fingerprint density at radius 3 is 1.08 bits per heavy atom. The second-order valence-electron chi connectivity index (χ2n) is 17.9. The van der Waals surface area contributed by atoms with Crippen molar-refractivity contribution in [3.63, 3.8) is 0 Å². The molecule has 1 N–H and O–H groups in total. The van der Waals surface area contributed by atoms with Crippen LogP contribution >= 0.6 is 0 Å². The Balaban J connectivity index is 1.16. The molecule has 77 heavy (non-hydrogen) atoms. The summed E-state index contributed by atoms with van der Waals surface area (Å²) in [7, 11) is 0. The summed E-state index contributed by atoms with van der Waals surface area (Å²) >= 11 is 0. The Morgan fingerprint density at radius 2 is 0.675 bits per heavy atom.